The van der Waals surface area contributed by atoms with E-state index >= 15 is 0 Å². The highest BCUT2D eigenvalue weighted by Gasteiger charge is 2.29. The molecule has 0 unspecified atom stereocenters. The highest BCUT2D eigenvalue weighted by Crippen LogP contribution is 2.38. The number of methoxy groups -OCH3 is 2. The number of ether oxygens (including phenoxy) is 2. The quantitative estimate of drug-likeness (QED) is 0.329. The van der Waals surface area contributed by atoms with E-state index in [1.165, 1.54) is 19.1 Å². The van der Waals surface area contributed by atoms with Crippen molar-refractivity contribution in [2.45, 2.75) is 45.2 Å². The number of rotatable bonds is 7. The van der Waals surface area contributed by atoms with E-state index in [0.717, 1.165) is 16.7 Å². The van der Waals surface area contributed by atoms with E-state index in [-0.39, 0.29) is 30.4 Å². The van der Waals surface area contributed by atoms with Crippen molar-refractivity contribution >= 4 is 23.3 Å². The van der Waals surface area contributed by atoms with Crippen LogP contribution in [0.4, 0.5) is 5.69 Å². The Morgan fingerprint density at radius 3 is 2.53 bits per heavy atom. The van der Waals surface area contributed by atoms with Crippen LogP contribution in [0.25, 0.3) is 22.4 Å². The molecule has 0 spiro atoms. The van der Waals surface area contributed by atoms with Gasteiger partial charge in [0.25, 0.3) is 0 Å². The number of carbonyl (C=O) groups is 1. The third-order valence-corrected chi connectivity index (χ3v) is 7.34. The number of halogens is 1. The van der Waals surface area contributed by atoms with Gasteiger partial charge in [-0.3, -0.25) is 14.7 Å². The molecule has 1 saturated carbocycles. The summed E-state index contributed by atoms with van der Waals surface area (Å²) >= 11 is 6.86. The zero-order valence-corrected chi connectivity index (χ0v) is 21.5. The minimum absolute atomic E-state index is 0.0246. The van der Waals surface area contributed by atoms with Crippen molar-refractivity contribution in [3.05, 3.63) is 58.9 Å². The largest absolute Gasteiger partial charge is 0.480 e. The minimum atomic E-state index is -2.36. The molecule has 36 heavy (non-hydrogen) atoms. The van der Waals surface area contributed by atoms with Gasteiger partial charge in [-0.2, -0.15) is 0 Å². The molecule has 1 aromatic heterocycles. The topological polar surface area (TPSA) is 90.6 Å². The number of hydrogen-bond acceptors (Lipinski definition) is 7. The Morgan fingerprint density at radius 1 is 1.14 bits per heavy atom. The summed E-state index contributed by atoms with van der Waals surface area (Å²) in [4.78, 5) is 22.6. The van der Waals surface area contributed by atoms with E-state index in [1.807, 2.05) is 43.3 Å². The first-order valence-electron chi connectivity index (χ1n) is 13.4. The van der Waals surface area contributed by atoms with Gasteiger partial charge in [-0.15, -0.1) is 0 Å². The third kappa shape index (κ3) is 5.32. The standard InChI is InChI=1S/C28H33ClN4O3/c1-17-20(7-6-10-23(17)30)21-8-5-9-22(26(21)29)24-15-31-25(27(32-24)35-3)16-33(2)19-13-11-18(12-14-19)28(34)36-4/h5-10,15,18-19H,11-14,16,30H2,1-4H3/i2D3. The van der Waals surface area contributed by atoms with Crippen molar-refractivity contribution in [1.29, 1.82) is 0 Å². The van der Waals surface area contributed by atoms with Gasteiger partial charge in [-0.1, -0.05) is 41.9 Å². The zero-order chi connectivity index (χ0) is 28.3. The van der Waals surface area contributed by atoms with Crippen molar-refractivity contribution in [3.8, 4) is 28.3 Å². The van der Waals surface area contributed by atoms with E-state index in [4.69, 9.17) is 30.9 Å². The lowest BCUT2D eigenvalue weighted by atomic mass is 9.85. The predicted molar refractivity (Wildman–Crippen MR) is 143 cm³/mol. The molecule has 0 saturated heterocycles. The molecule has 0 amide bonds. The van der Waals surface area contributed by atoms with Gasteiger partial charge >= 0.3 is 5.97 Å². The summed E-state index contributed by atoms with van der Waals surface area (Å²) in [6.45, 7) is -0.387. The third-order valence-electron chi connectivity index (χ3n) is 6.94. The second-order valence-electron chi connectivity index (χ2n) is 9.05. The second kappa shape index (κ2) is 11.3. The SMILES string of the molecule is [2H]C([2H])([2H])N(Cc1ncc(-c2cccc(-c3cccc(N)c3C)c2Cl)nc1OC)C1CCC(C(=O)OC)CC1. The van der Waals surface area contributed by atoms with E-state index in [0.29, 0.717) is 53.3 Å². The van der Waals surface area contributed by atoms with Crippen molar-refractivity contribution in [1.82, 2.24) is 14.9 Å². The van der Waals surface area contributed by atoms with Crippen LogP contribution in [0.5, 0.6) is 5.88 Å². The summed E-state index contributed by atoms with van der Waals surface area (Å²) in [5, 5.41) is 0.502. The molecule has 2 N–H and O–H groups in total. The molecule has 0 atom stereocenters. The molecule has 7 nitrogen and oxygen atoms in total. The van der Waals surface area contributed by atoms with Crippen molar-refractivity contribution in [3.63, 3.8) is 0 Å². The van der Waals surface area contributed by atoms with Gasteiger partial charge in [0.2, 0.25) is 5.88 Å². The van der Waals surface area contributed by atoms with Gasteiger partial charge in [0.1, 0.15) is 5.69 Å². The summed E-state index contributed by atoms with van der Waals surface area (Å²) in [5.74, 6) is -0.216. The molecule has 3 aromatic rings. The minimum Gasteiger partial charge on any atom is -0.480 e. The van der Waals surface area contributed by atoms with Crippen LogP contribution in [0.3, 0.4) is 0 Å². The summed E-state index contributed by atoms with van der Waals surface area (Å²) in [7, 11) is 2.85. The van der Waals surface area contributed by atoms with Crippen LogP contribution < -0.4 is 10.5 Å². The van der Waals surface area contributed by atoms with Crippen molar-refractivity contribution in [2.24, 2.45) is 5.92 Å². The average molecular weight is 512 g/mol. The summed E-state index contributed by atoms with van der Waals surface area (Å²) in [6, 6.07) is 11.1. The number of hydrogen-bond donors (Lipinski definition) is 1. The number of nitrogen functional groups attached to an aromatic ring is 1. The Kier molecular flexibility index (Phi) is 6.91. The molecule has 0 aliphatic heterocycles. The lowest BCUT2D eigenvalue weighted by molar-refractivity contribution is -0.146. The van der Waals surface area contributed by atoms with Gasteiger partial charge in [-0.05, 0) is 56.8 Å². The summed E-state index contributed by atoms with van der Waals surface area (Å²) < 4.78 is 34.9. The van der Waals surface area contributed by atoms with Gasteiger partial charge < -0.3 is 15.2 Å². The van der Waals surface area contributed by atoms with E-state index in [1.54, 1.807) is 6.20 Å². The Labute approximate surface area is 221 Å². The van der Waals surface area contributed by atoms with Crippen LogP contribution in [0.2, 0.25) is 5.02 Å². The molecule has 1 aliphatic carbocycles. The highest BCUT2D eigenvalue weighted by atomic mass is 35.5. The van der Waals surface area contributed by atoms with Crippen LogP contribution in [-0.4, -0.2) is 48.1 Å². The van der Waals surface area contributed by atoms with E-state index in [9.17, 15) is 4.79 Å². The summed E-state index contributed by atoms with van der Waals surface area (Å²) in [6.07, 6.45) is 3.87. The maximum atomic E-state index is 11.9. The maximum absolute atomic E-state index is 11.9. The van der Waals surface area contributed by atoms with Crippen LogP contribution in [0.1, 0.15) is 41.1 Å². The van der Waals surface area contributed by atoms with Gasteiger partial charge in [0.15, 0.2) is 0 Å². The first-order chi connectivity index (χ1) is 18.5. The van der Waals surface area contributed by atoms with Crippen molar-refractivity contribution in [2.75, 3.05) is 26.9 Å². The molecular formula is C28H33ClN4O3. The average Bonchev–Trinajstić information content (AvgIpc) is 2.92. The molecule has 1 heterocycles. The monoisotopic (exact) mass is 511 g/mol. The number of nitrogens with two attached hydrogens (primary N) is 1. The fourth-order valence-electron chi connectivity index (χ4n) is 4.76. The van der Waals surface area contributed by atoms with E-state index < -0.39 is 6.98 Å². The maximum Gasteiger partial charge on any atom is 0.308 e. The van der Waals surface area contributed by atoms with Crippen LogP contribution in [-0.2, 0) is 16.1 Å². The van der Waals surface area contributed by atoms with Gasteiger partial charge in [0.05, 0.1) is 37.1 Å². The number of carbonyl (C=O) groups excluding carboxylic acids is 1. The number of benzene rings is 2. The highest BCUT2D eigenvalue weighted by molar-refractivity contribution is 6.36. The predicted octanol–water partition coefficient (Wildman–Crippen LogP) is 5.53. The number of nitrogens with zero attached hydrogens (tertiary/aromatic N) is 3. The Bertz CT molecular complexity index is 1340. The van der Waals surface area contributed by atoms with Crippen LogP contribution in [0, 0.1) is 12.8 Å². The van der Waals surface area contributed by atoms with Crippen LogP contribution in [0.15, 0.2) is 42.6 Å². The molecular weight excluding hydrogens is 476 g/mol. The summed E-state index contributed by atoms with van der Waals surface area (Å²) in [5.41, 5.74) is 11.0. The van der Waals surface area contributed by atoms with Crippen LogP contribution >= 0.6 is 11.6 Å². The molecule has 0 bridgehead atoms. The fraction of sp³-hybridized carbons (Fsp3) is 0.393. The first kappa shape index (κ1) is 22.1. The Hall–Kier alpha value is -3.16. The Balaban J connectivity index is 1.62. The molecule has 4 rings (SSSR count). The van der Waals surface area contributed by atoms with Gasteiger partial charge in [0, 0.05) is 33.5 Å². The molecule has 1 fully saturated rings. The second-order valence-corrected chi connectivity index (χ2v) is 9.43. The lowest BCUT2D eigenvalue weighted by Crippen LogP contribution is -2.36. The molecule has 8 heteroatoms. The number of aromatic nitrogens is 2. The normalized spacial score (nSPS) is 19.3. The van der Waals surface area contributed by atoms with E-state index in [2.05, 4.69) is 9.97 Å². The van der Waals surface area contributed by atoms with Gasteiger partial charge in [-0.25, -0.2) is 4.98 Å². The Morgan fingerprint density at radius 2 is 1.83 bits per heavy atom. The molecule has 190 valence electrons. The molecule has 1 aliphatic rings. The number of anilines is 1. The smallest absolute Gasteiger partial charge is 0.308 e. The van der Waals surface area contributed by atoms with Crippen molar-refractivity contribution < 1.29 is 18.4 Å². The lowest BCUT2D eigenvalue weighted by Gasteiger charge is -2.33. The first-order valence-corrected chi connectivity index (χ1v) is 12.3. The molecule has 0 radical (unpaired) electrons. The molecule has 2 aromatic carbocycles. The zero-order valence-electron chi connectivity index (χ0n) is 23.8. The number of esters is 1. The fourth-order valence-corrected chi connectivity index (χ4v) is 5.09.